The van der Waals surface area contributed by atoms with E-state index in [9.17, 15) is 9.59 Å². The van der Waals surface area contributed by atoms with Crippen LogP contribution in [0.4, 0.5) is 5.82 Å². The maximum Gasteiger partial charge on any atom is 0.152 e. The van der Waals surface area contributed by atoms with Gasteiger partial charge in [-0.1, -0.05) is 18.6 Å². The van der Waals surface area contributed by atoms with Crippen LogP contribution in [0.3, 0.4) is 0 Å². The Morgan fingerprint density at radius 2 is 1.90 bits per heavy atom. The Balaban J connectivity index is 1.19. The number of carbonyl (C=O) groups is 2. The summed E-state index contributed by atoms with van der Waals surface area (Å²) in [5.41, 5.74) is 2.03. The van der Waals surface area contributed by atoms with Crippen LogP contribution in [0.2, 0.25) is 0 Å². The molecule has 1 aliphatic carbocycles. The van der Waals surface area contributed by atoms with Crippen LogP contribution in [0.25, 0.3) is 10.9 Å². The normalized spacial score (nSPS) is 22.3. The van der Waals surface area contributed by atoms with Crippen molar-refractivity contribution in [2.45, 2.75) is 64.8 Å². The topological polar surface area (TPSA) is 75.2 Å². The van der Waals surface area contributed by atoms with E-state index in [1.807, 2.05) is 19.1 Å². The molecule has 2 aromatic rings. The third-order valence-corrected chi connectivity index (χ3v) is 6.91. The van der Waals surface area contributed by atoms with E-state index >= 15 is 0 Å². The van der Waals surface area contributed by atoms with E-state index in [4.69, 9.17) is 0 Å². The maximum absolute atomic E-state index is 12.5. The summed E-state index contributed by atoms with van der Waals surface area (Å²) in [6.07, 6.45) is 8.20. The average Bonchev–Trinajstić information content (AvgIpc) is 2.75. The number of aromatic nitrogens is 2. The molecule has 166 valence electrons. The summed E-state index contributed by atoms with van der Waals surface area (Å²) in [4.78, 5) is 35.8. The predicted octanol–water partition coefficient (Wildman–Crippen LogP) is 4.17. The van der Waals surface area contributed by atoms with Gasteiger partial charge in [0.2, 0.25) is 0 Å². The quantitative estimate of drug-likeness (QED) is 0.654. The highest BCUT2D eigenvalue weighted by atomic mass is 16.1. The van der Waals surface area contributed by atoms with Gasteiger partial charge in [0.05, 0.1) is 12.1 Å². The minimum Gasteiger partial charge on any atom is -0.362 e. The molecule has 1 aromatic heterocycles. The van der Waals surface area contributed by atoms with E-state index in [2.05, 4.69) is 33.2 Å². The van der Waals surface area contributed by atoms with Crippen LogP contribution >= 0.6 is 0 Å². The monoisotopic (exact) mass is 422 g/mol. The highest BCUT2D eigenvalue weighted by molar-refractivity contribution is 5.91. The van der Waals surface area contributed by atoms with Gasteiger partial charge in [-0.2, -0.15) is 0 Å². The Bertz CT molecular complexity index is 930. The number of hydrogen-bond acceptors (Lipinski definition) is 6. The highest BCUT2D eigenvalue weighted by Gasteiger charge is 2.36. The lowest BCUT2D eigenvalue weighted by molar-refractivity contribution is -0.125. The molecule has 2 heterocycles. The molecule has 1 saturated heterocycles. The lowest BCUT2D eigenvalue weighted by Crippen LogP contribution is -2.53. The first-order valence-electron chi connectivity index (χ1n) is 11.8. The molecule has 0 radical (unpaired) electrons. The van der Waals surface area contributed by atoms with Crippen LogP contribution in [0.5, 0.6) is 0 Å². The number of nitrogens with one attached hydrogen (secondary N) is 1. The van der Waals surface area contributed by atoms with E-state index in [0.29, 0.717) is 36.6 Å². The molecule has 2 fully saturated rings. The number of anilines is 1. The summed E-state index contributed by atoms with van der Waals surface area (Å²) in [5.74, 6) is 2.18. The third kappa shape index (κ3) is 5.29. The van der Waals surface area contributed by atoms with Crippen molar-refractivity contribution in [3.8, 4) is 0 Å². The number of Topliss-reactive ketones (excluding diaryl/α,β-unsaturated/α-hetero) is 2. The standard InChI is InChI=1S/C25H34N4O2/c1-3-4-24(31)19-6-8-20(9-7-19)29-14-18(15-29)12-21(30)13-26-25-22-11-17(2)5-10-23(22)27-16-28-25/h5,10-11,16,18-20H,3-4,6-9,12-15H2,1-2H3,(H,26,27,28). The molecule has 0 atom stereocenters. The Morgan fingerprint density at radius 3 is 2.65 bits per heavy atom. The molecule has 0 amide bonds. The fraction of sp³-hybridized carbons (Fsp3) is 0.600. The number of ketones is 2. The zero-order chi connectivity index (χ0) is 21.8. The summed E-state index contributed by atoms with van der Waals surface area (Å²) in [5, 5.41) is 4.18. The molecule has 31 heavy (non-hydrogen) atoms. The summed E-state index contributed by atoms with van der Waals surface area (Å²) in [6.45, 7) is 6.46. The van der Waals surface area contributed by atoms with Crippen LogP contribution in [0.1, 0.15) is 57.4 Å². The number of carbonyl (C=O) groups excluding carboxylic acids is 2. The van der Waals surface area contributed by atoms with Crippen LogP contribution in [0, 0.1) is 18.8 Å². The fourth-order valence-corrected chi connectivity index (χ4v) is 5.14. The number of rotatable bonds is 9. The van der Waals surface area contributed by atoms with Gasteiger partial charge < -0.3 is 5.32 Å². The number of fused-ring (bicyclic) bond motifs is 1. The smallest absolute Gasteiger partial charge is 0.152 e. The van der Waals surface area contributed by atoms with Gasteiger partial charge in [0.25, 0.3) is 0 Å². The number of aryl methyl sites for hydroxylation is 1. The van der Waals surface area contributed by atoms with E-state index in [-0.39, 0.29) is 5.78 Å². The van der Waals surface area contributed by atoms with E-state index in [1.54, 1.807) is 6.33 Å². The van der Waals surface area contributed by atoms with Crippen LogP contribution < -0.4 is 5.32 Å². The molecule has 1 aliphatic heterocycles. The SMILES string of the molecule is CCCC(=O)C1CCC(N2CC(CC(=O)CNc3ncnc4ccc(C)cc34)C2)CC1. The molecule has 1 saturated carbocycles. The van der Waals surface area contributed by atoms with Crippen molar-refractivity contribution >= 4 is 28.3 Å². The molecular formula is C25H34N4O2. The van der Waals surface area contributed by atoms with Crippen molar-refractivity contribution < 1.29 is 9.59 Å². The van der Waals surface area contributed by atoms with Crippen LogP contribution in [-0.4, -0.2) is 52.1 Å². The zero-order valence-corrected chi connectivity index (χ0v) is 18.8. The summed E-state index contributed by atoms with van der Waals surface area (Å²) < 4.78 is 0. The van der Waals surface area contributed by atoms with Crippen molar-refractivity contribution in [3.63, 3.8) is 0 Å². The van der Waals surface area contributed by atoms with Crippen LogP contribution in [-0.2, 0) is 9.59 Å². The second-order valence-corrected chi connectivity index (χ2v) is 9.38. The maximum atomic E-state index is 12.5. The molecular weight excluding hydrogens is 388 g/mol. The number of nitrogens with zero attached hydrogens (tertiary/aromatic N) is 3. The van der Waals surface area contributed by atoms with Crippen molar-refractivity contribution in [2.24, 2.45) is 11.8 Å². The summed E-state index contributed by atoms with van der Waals surface area (Å²) in [6, 6.07) is 6.67. The first-order chi connectivity index (χ1) is 15.0. The van der Waals surface area contributed by atoms with Gasteiger partial charge >= 0.3 is 0 Å². The third-order valence-electron chi connectivity index (χ3n) is 6.91. The van der Waals surface area contributed by atoms with E-state index < -0.39 is 0 Å². The lowest BCUT2D eigenvalue weighted by atomic mass is 9.80. The van der Waals surface area contributed by atoms with Gasteiger partial charge in [0.15, 0.2) is 5.78 Å². The Labute approximate surface area is 184 Å². The number of benzene rings is 1. The van der Waals surface area contributed by atoms with Gasteiger partial charge in [-0.15, -0.1) is 0 Å². The van der Waals surface area contributed by atoms with Crippen molar-refractivity contribution in [1.29, 1.82) is 0 Å². The minimum atomic E-state index is 0.234. The number of likely N-dealkylation sites (tertiary alicyclic amines) is 1. The first-order valence-corrected chi connectivity index (χ1v) is 11.8. The highest BCUT2D eigenvalue weighted by Crippen LogP contribution is 2.33. The Hall–Kier alpha value is -2.34. The van der Waals surface area contributed by atoms with E-state index in [1.165, 1.54) is 0 Å². The van der Waals surface area contributed by atoms with Crippen molar-refractivity contribution in [3.05, 3.63) is 30.1 Å². The fourth-order valence-electron chi connectivity index (χ4n) is 5.14. The summed E-state index contributed by atoms with van der Waals surface area (Å²) in [7, 11) is 0. The predicted molar refractivity (Wildman–Crippen MR) is 123 cm³/mol. The van der Waals surface area contributed by atoms with Gasteiger partial charge in [-0.25, -0.2) is 9.97 Å². The number of hydrogen-bond donors (Lipinski definition) is 1. The second kappa shape index (κ2) is 9.86. The lowest BCUT2D eigenvalue weighted by Gasteiger charge is -2.46. The largest absolute Gasteiger partial charge is 0.362 e. The minimum absolute atomic E-state index is 0.234. The average molecular weight is 423 g/mol. The molecule has 6 nitrogen and oxygen atoms in total. The molecule has 2 aliphatic rings. The van der Waals surface area contributed by atoms with Crippen molar-refractivity contribution in [1.82, 2.24) is 14.9 Å². The van der Waals surface area contributed by atoms with Gasteiger partial charge in [0, 0.05) is 43.3 Å². The molecule has 1 aromatic carbocycles. The molecule has 4 rings (SSSR count). The molecule has 0 bridgehead atoms. The Morgan fingerprint density at radius 1 is 1.13 bits per heavy atom. The van der Waals surface area contributed by atoms with Crippen LogP contribution in [0.15, 0.2) is 24.5 Å². The molecule has 1 N–H and O–H groups in total. The zero-order valence-electron chi connectivity index (χ0n) is 18.8. The van der Waals surface area contributed by atoms with E-state index in [0.717, 1.165) is 73.9 Å². The molecule has 0 unspecified atom stereocenters. The second-order valence-electron chi connectivity index (χ2n) is 9.38. The summed E-state index contributed by atoms with van der Waals surface area (Å²) >= 11 is 0. The van der Waals surface area contributed by atoms with Crippen molar-refractivity contribution in [2.75, 3.05) is 25.0 Å². The Kier molecular flexibility index (Phi) is 6.96. The van der Waals surface area contributed by atoms with Gasteiger partial charge in [-0.05, 0) is 57.1 Å². The first kappa shape index (κ1) is 21.9. The molecule has 6 heteroatoms. The van der Waals surface area contributed by atoms with Gasteiger partial charge in [-0.3, -0.25) is 14.5 Å². The molecule has 0 spiro atoms. The van der Waals surface area contributed by atoms with Gasteiger partial charge in [0.1, 0.15) is 17.9 Å².